The summed E-state index contributed by atoms with van der Waals surface area (Å²) in [6.45, 7) is 7.79. The highest BCUT2D eigenvalue weighted by atomic mass is 16.6. The highest BCUT2D eigenvalue weighted by molar-refractivity contribution is 5.67. The second-order valence-corrected chi connectivity index (χ2v) is 5.20. The minimum absolute atomic E-state index is 0.0280. The Kier molecular flexibility index (Phi) is 5.51. The van der Waals surface area contributed by atoms with Crippen LogP contribution in [0.3, 0.4) is 0 Å². The van der Waals surface area contributed by atoms with Crippen LogP contribution in [-0.2, 0) is 11.3 Å². The molecule has 1 aromatic heterocycles. The van der Waals surface area contributed by atoms with Crippen molar-refractivity contribution >= 4 is 11.8 Å². The van der Waals surface area contributed by atoms with Gasteiger partial charge in [-0.3, -0.25) is 14.8 Å². The van der Waals surface area contributed by atoms with Gasteiger partial charge in [-0.2, -0.15) is 0 Å². The summed E-state index contributed by atoms with van der Waals surface area (Å²) in [5, 5.41) is 17.3. The van der Waals surface area contributed by atoms with Crippen molar-refractivity contribution in [2.75, 3.05) is 13.2 Å². The van der Waals surface area contributed by atoms with Gasteiger partial charge in [-0.25, -0.2) is 4.79 Å². The second kappa shape index (κ2) is 6.91. The largest absolute Gasteiger partial charge is 0.472 e. The van der Waals surface area contributed by atoms with E-state index in [1.54, 1.807) is 27.7 Å². The molecular formula is C12H20N4O5. The van der Waals surface area contributed by atoms with Crippen LogP contribution in [0, 0.1) is 10.1 Å². The van der Waals surface area contributed by atoms with Crippen molar-refractivity contribution < 1.29 is 19.2 Å². The molecule has 0 aliphatic heterocycles. The third-order valence-electron chi connectivity index (χ3n) is 2.20. The van der Waals surface area contributed by atoms with Gasteiger partial charge in [0.2, 0.25) is 0 Å². The number of nitrogens with one attached hydrogen (secondary N) is 1. The van der Waals surface area contributed by atoms with Crippen molar-refractivity contribution in [2.24, 2.45) is 0 Å². The zero-order valence-corrected chi connectivity index (χ0v) is 12.6. The van der Waals surface area contributed by atoms with E-state index in [4.69, 9.17) is 9.47 Å². The summed E-state index contributed by atoms with van der Waals surface area (Å²) in [6, 6.07) is 0. The van der Waals surface area contributed by atoms with E-state index >= 15 is 0 Å². The molecule has 0 atom stereocenters. The number of carbonyl (C=O) groups is 1. The predicted octanol–water partition coefficient (Wildman–Crippen LogP) is 1.71. The van der Waals surface area contributed by atoms with Gasteiger partial charge in [0, 0.05) is 6.54 Å². The van der Waals surface area contributed by atoms with Gasteiger partial charge in [-0.1, -0.05) is 0 Å². The van der Waals surface area contributed by atoms with Crippen molar-refractivity contribution in [1.29, 1.82) is 0 Å². The molecule has 1 heterocycles. The van der Waals surface area contributed by atoms with E-state index in [-0.39, 0.29) is 31.3 Å². The number of hydrogen-bond donors (Lipinski definition) is 1. The molecule has 1 aromatic rings. The van der Waals surface area contributed by atoms with Crippen LogP contribution < -0.4 is 10.1 Å². The number of amides is 1. The molecule has 21 heavy (non-hydrogen) atoms. The summed E-state index contributed by atoms with van der Waals surface area (Å²) in [5.41, 5.74) is -0.773. The van der Waals surface area contributed by atoms with Crippen LogP contribution in [0.4, 0.5) is 10.5 Å². The maximum absolute atomic E-state index is 11.4. The quantitative estimate of drug-likeness (QED) is 0.633. The van der Waals surface area contributed by atoms with Gasteiger partial charge in [0.15, 0.2) is 0 Å². The molecule has 9 heteroatoms. The minimum Gasteiger partial charge on any atom is -0.472 e. The molecule has 1 rings (SSSR count). The van der Waals surface area contributed by atoms with Crippen molar-refractivity contribution in [1.82, 2.24) is 15.1 Å². The number of hydrogen-bond acceptors (Lipinski definition) is 6. The summed E-state index contributed by atoms with van der Waals surface area (Å²) >= 11 is 0. The highest BCUT2D eigenvalue weighted by Gasteiger charge is 2.21. The van der Waals surface area contributed by atoms with Crippen LogP contribution in [0.2, 0.25) is 0 Å². The molecule has 1 N–H and O–H groups in total. The molecule has 118 valence electrons. The lowest BCUT2D eigenvalue weighted by atomic mass is 10.2. The molecule has 0 radical (unpaired) electrons. The maximum Gasteiger partial charge on any atom is 0.407 e. The van der Waals surface area contributed by atoms with Gasteiger partial charge in [0.1, 0.15) is 11.8 Å². The molecule has 1 amide bonds. The molecule has 0 spiro atoms. The third-order valence-corrected chi connectivity index (χ3v) is 2.20. The predicted molar refractivity (Wildman–Crippen MR) is 74.3 cm³/mol. The monoisotopic (exact) mass is 300 g/mol. The lowest BCUT2D eigenvalue weighted by Crippen LogP contribution is -2.34. The van der Waals surface area contributed by atoms with E-state index in [0.29, 0.717) is 0 Å². The molecular weight excluding hydrogens is 280 g/mol. The van der Waals surface area contributed by atoms with Crippen molar-refractivity contribution in [3.63, 3.8) is 0 Å². The number of ether oxygens (including phenoxy) is 2. The topological polar surface area (TPSA) is 109 Å². The Morgan fingerprint density at radius 2 is 2.19 bits per heavy atom. The molecule has 0 aromatic carbocycles. The summed E-state index contributed by atoms with van der Waals surface area (Å²) in [4.78, 5) is 21.7. The van der Waals surface area contributed by atoms with E-state index in [2.05, 4.69) is 10.4 Å². The van der Waals surface area contributed by atoms with Crippen molar-refractivity contribution in [2.45, 2.75) is 39.8 Å². The second-order valence-electron chi connectivity index (χ2n) is 5.20. The van der Waals surface area contributed by atoms with E-state index in [1.165, 1.54) is 10.9 Å². The number of carbonyl (C=O) groups excluding carboxylic acids is 1. The number of rotatable bonds is 6. The Bertz CT molecular complexity index is 506. The Labute approximate surface area is 122 Å². The smallest absolute Gasteiger partial charge is 0.407 e. The first-order valence-electron chi connectivity index (χ1n) is 6.54. The fraction of sp³-hybridized carbons (Fsp3) is 0.667. The van der Waals surface area contributed by atoms with Crippen LogP contribution >= 0.6 is 0 Å². The highest BCUT2D eigenvalue weighted by Crippen LogP contribution is 2.24. The summed E-state index contributed by atoms with van der Waals surface area (Å²) in [6.07, 6.45) is 0.719. The number of nitrogens with zero attached hydrogens (tertiary/aromatic N) is 3. The number of nitro groups is 1. The summed E-state index contributed by atoms with van der Waals surface area (Å²) in [7, 11) is 0. The van der Waals surface area contributed by atoms with Gasteiger partial charge in [-0.15, -0.1) is 5.10 Å². The van der Waals surface area contributed by atoms with E-state index in [1.807, 2.05) is 0 Å². The molecule has 0 unspecified atom stereocenters. The van der Waals surface area contributed by atoms with Crippen LogP contribution in [0.5, 0.6) is 5.88 Å². The van der Waals surface area contributed by atoms with E-state index in [0.717, 1.165) is 0 Å². The van der Waals surface area contributed by atoms with Crippen molar-refractivity contribution in [3.8, 4) is 5.88 Å². The minimum atomic E-state index is -0.573. The standard InChI is InChI=1S/C12H20N4O5/c1-5-20-10-9(16(18)19)8-15(14-10)7-6-13-11(17)21-12(2,3)4/h8H,5-7H2,1-4H3,(H,13,17). The maximum atomic E-state index is 11.4. The summed E-state index contributed by atoms with van der Waals surface area (Å²) < 4.78 is 11.5. The lowest BCUT2D eigenvalue weighted by molar-refractivity contribution is -0.385. The fourth-order valence-corrected chi connectivity index (χ4v) is 1.46. The van der Waals surface area contributed by atoms with Crippen molar-refractivity contribution in [3.05, 3.63) is 16.3 Å². The van der Waals surface area contributed by atoms with Gasteiger partial charge < -0.3 is 14.8 Å². The van der Waals surface area contributed by atoms with Crippen LogP contribution in [-0.4, -0.2) is 39.5 Å². The average molecular weight is 300 g/mol. The van der Waals surface area contributed by atoms with Crippen LogP contribution in [0.15, 0.2) is 6.20 Å². The van der Waals surface area contributed by atoms with Crippen LogP contribution in [0.25, 0.3) is 0 Å². The average Bonchev–Trinajstić information content (AvgIpc) is 2.70. The molecule has 9 nitrogen and oxygen atoms in total. The number of aromatic nitrogens is 2. The molecule has 0 saturated heterocycles. The molecule has 0 saturated carbocycles. The zero-order chi connectivity index (χ0) is 16.0. The van der Waals surface area contributed by atoms with E-state index in [9.17, 15) is 14.9 Å². The SMILES string of the molecule is CCOc1nn(CCNC(=O)OC(C)(C)C)cc1[N+](=O)[O-]. The zero-order valence-electron chi connectivity index (χ0n) is 12.6. The normalized spacial score (nSPS) is 11.0. The first-order chi connectivity index (χ1) is 9.73. The van der Waals surface area contributed by atoms with E-state index < -0.39 is 16.6 Å². The third kappa shape index (κ3) is 5.67. The first-order valence-corrected chi connectivity index (χ1v) is 6.54. The fourth-order valence-electron chi connectivity index (χ4n) is 1.46. The molecule has 0 aliphatic carbocycles. The van der Waals surface area contributed by atoms with Gasteiger partial charge in [0.05, 0.1) is 18.1 Å². The Balaban J connectivity index is 2.54. The van der Waals surface area contributed by atoms with Gasteiger partial charge >= 0.3 is 17.7 Å². The number of alkyl carbamates (subject to hydrolysis) is 1. The Morgan fingerprint density at radius 1 is 1.52 bits per heavy atom. The summed E-state index contributed by atoms with van der Waals surface area (Å²) in [5.74, 6) is -0.0280. The van der Waals surface area contributed by atoms with Gasteiger partial charge in [-0.05, 0) is 27.7 Å². The lowest BCUT2D eigenvalue weighted by Gasteiger charge is -2.19. The Morgan fingerprint density at radius 3 is 2.71 bits per heavy atom. The Hall–Kier alpha value is -2.32. The molecule has 0 fully saturated rings. The van der Waals surface area contributed by atoms with Crippen LogP contribution in [0.1, 0.15) is 27.7 Å². The molecule has 0 aliphatic rings. The first kappa shape index (κ1) is 16.7. The van der Waals surface area contributed by atoms with Gasteiger partial charge in [0.25, 0.3) is 0 Å². The molecule has 0 bridgehead atoms.